The number of benzene rings is 2. The summed E-state index contributed by atoms with van der Waals surface area (Å²) in [6.07, 6.45) is 0. The lowest BCUT2D eigenvalue weighted by atomic mass is 10.0. The first-order valence-electron chi connectivity index (χ1n) is 6.41. The first kappa shape index (κ1) is 14.5. The molecule has 1 unspecified atom stereocenters. The fourth-order valence-electron chi connectivity index (χ4n) is 2.07. The highest BCUT2D eigenvalue weighted by Crippen LogP contribution is 2.32. The van der Waals surface area contributed by atoms with Crippen LogP contribution in [0.15, 0.2) is 36.4 Å². The minimum atomic E-state index is -0.0699. The van der Waals surface area contributed by atoms with E-state index >= 15 is 0 Å². The van der Waals surface area contributed by atoms with Crippen LogP contribution in [-0.4, -0.2) is 12.2 Å². The molecule has 0 aromatic heterocycles. The van der Waals surface area contributed by atoms with Gasteiger partial charge in [-0.1, -0.05) is 29.3 Å². The number of hydrogen-bond acceptors (Lipinski definition) is 3. The fourth-order valence-corrected chi connectivity index (χ4v) is 2.25. The SMILES string of the molecule is COc1ccc(Cl)c(NC(C)c2cc(C)ccc2O)c1. The molecule has 2 aromatic carbocycles. The van der Waals surface area contributed by atoms with Gasteiger partial charge in [-0.25, -0.2) is 0 Å². The summed E-state index contributed by atoms with van der Waals surface area (Å²) in [5.41, 5.74) is 2.71. The molecule has 2 aromatic rings. The molecule has 106 valence electrons. The summed E-state index contributed by atoms with van der Waals surface area (Å²) < 4.78 is 5.19. The Hall–Kier alpha value is -1.87. The lowest BCUT2D eigenvalue weighted by molar-refractivity contribution is 0.415. The van der Waals surface area contributed by atoms with Gasteiger partial charge in [0, 0.05) is 11.6 Å². The first-order valence-corrected chi connectivity index (χ1v) is 6.78. The Balaban J connectivity index is 2.27. The van der Waals surface area contributed by atoms with Crippen molar-refractivity contribution in [2.45, 2.75) is 19.9 Å². The highest BCUT2D eigenvalue weighted by molar-refractivity contribution is 6.33. The summed E-state index contributed by atoms with van der Waals surface area (Å²) in [7, 11) is 1.61. The van der Waals surface area contributed by atoms with Crippen LogP contribution in [0.1, 0.15) is 24.1 Å². The molecule has 20 heavy (non-hydrogen) atoms. The van der Waals surface area contributed by atoms with Gasteiger partial charge in [-0.15, -0.1) is 0 Å². The van der Waals surface area contributed by atoms with Crippen molar-refractivity contribution in [3.8, 4) is 11.5 Å². The molecule has 2 rings (SSSR count). The molecule has 0 radical (unpaired) electrons. The largest absolute Gasteiger partial charge is 0.508 e. The van der Waals surface area contributed by atoms with Gasteiger partial charge in [0.15, 0.2) is 0 Å². The molecule has 1 atom stereocenters. The minimum Gasteiger partial charge on any atom is -0.508 e. The number of phenols is 1. The maximum absolute atomic E-state index is 9.96. The maximum Gasteiger partial charge on any atom is 0.121 e. The summed E-state index contributed by atoms with van der Waals surface area (Å²) >= 11 is 6.18. The van der Waals surface area contributed by atoms with Gasteiger partial charge in [0.1, 0.15) is 11.5 Å². The highest BCUT2D eigenvalue weighted by Gasteiger charge is 2.12. The maximum atomic E-state index is 9.96. The zero-order valence-electron chi connectivity index (χ0n) is 11.8. The average molecular weight is 292 g/mol. The van der Waals surface area contributed by atoms with E-state index in [4.69, 9.17) is 16.3 Å². The molecular weight excluding hydrogens is 274 g/mol. The number of halogens is 1. The van der Waals surface area contributed by atoms with Crippen molar-refractivity contribution in [2.75, 3.05) is 12.4 Å². The van der Waals surface area contributed by atoms with Crippen LogP contribution in [0.25, 0.3) is 0 Å². The van der Waals surface area contributed by atoms with Crippen molar-refractivity contribution in [2.24, 2.45) is 0 Å². The van der Waals surface area contributed by atoms with E-state index in [0.717, 1.165) is 22.6 Å². The second kappa shape index (κ2) is 6.06. The van der Waals surface area contributed by atoms with Crippen LogP contribution in [0.2, 0.25) is 5.02 Å². The number of hydrogen-bond donors (Lipinski definition) is 2. The number of aryl methyl sites for hydroxylation is 1. The van der Waals surface area contributed by atoms with Gasteiger partial charge in [-0.3, -0.25) is 0 Å². The average Bonchev–Trinajstić information content (AvgIpc) is 2.43. The van der Waals surface area contributed by atoms with E-state index in [2.05, 4.69) is 5.32 Å². The first-order chi connectivity index (χ1) is 9.51. The summed E-state index contributed by atoms with van der Waals surface area (Å²) in [6, 6.07) is 10.9. The van der Waals surface area contributed by atoms with E-state index in [1.807, 2.05) is 38.1 Å². The molecule has 0 fully saturated rings. The van der Waals surface area contributed by atoms with Crippen molar-refractivity contribution < 1.29 is 9.84 Å². The normalized spacial score (nSPS) is 12.0. The molecule has 0 aliphatic rings. The number of nitrogens with one attached hydrogen (secondary N) is 1. The Kier molecular flexibility index (Phi) is 4.40. The van der Waals surface area contributed by atoms with Crippen LogP contribution in [-0.2, 0) is 0 Å². The number of phenolic OH excluding ortho intramolecular Hbond substituents is 1. The molecular formula is C16H18ClNO2. The zero-order chi connectivity index (χ0) is 14.7. The zero-order valence-corrected chi connectivity index (χ0v) is 12.5. The van der Waals surface area contributed by atoms with E-state index in [-0.39, 0.29) is 11.8 Å². The number of rotatable bonds is 4. The van der Waals surface area contributed by atoms with Crippen LogP contribution in [0.3, 0.4) is 0 Å². The Morgan fingerprint density at radius 1 is 1.20 bits per heavy atom. The van der Waals surface area contributed by atoms with E-state index in [1.165, 1.54) is 0 Å². The van der Waals surface area contributed by atoms with Gasteiger partial charge in [0.05, 0.1) is 23.9 Å². The number of anilines is 1. The van der Waals surface area contributed by atoms with Crippen molar-refractivity contribution in [1.82, 2.24) is 0 Å². The minimum absolute atomic E-state index is 0.0699. The predicted octanol–water partition coefficient (Wildman–Crippen LogP) is 4.54. The third-order valence-electron chi connectivity index (χ3n) is 3.20. The second-order valence-electron chi connectivity index (χ2n) is 4.77. The Morgan fingerprint density at radius 3 is 2.65 bits per heavy atom. The molecule has 4 heteroatoms. The molecule has 0 heterocycles. The molecule has 0 amide bonds. The molecule has 2 N–H and O–H groups in total. The lowest BCUT2D eigenvalue weighted by Crippen LogP contribution is -2.07. The van der Waals surface area contributed by atoms with Crippen LogP contribution < -0.4 is 10.1 Å². The Labute approximate surface area is 124 Å². The Bertz CT molecular complexity index is 613. The molecule has 0 spiro atoms. The summed E-state index contributed by atoms with van der Waals surface area (Å²) in [5.74, 6) is 1.01. The van der Waals surface area contributed by atoms with Crippen LogP contribution >= 0.6 is 11.6 Å². The molecule has 0 saturated carbocycles. The number of aromatic hydroxyl groups is 1. The third-order valence-corrected chi connectivity index (χ3v) is 3.52. The molecule has 0 bridgehead atoms. The van der Waals surface area contributed by atoms with Crippen molar-refractivity contribution >= 4 is 17.3 Å². The van der Waals surface area contributed by atoms with Gasteiger partial charge in [-0.2, -0.15) is 0 Å². The Morgan fingerprint density at radius 2 is 1.95 bits per heavy atom. The van der Waals surface area contributed by atoms with Gasteiger partial charge >= 0.3 is 0 Å². The van der Waals surface area contributed by atoms with Gasteiger partial charge in [0.2, 0.25) is 0 Å². The van der Waals surface area contributed by atoms with E-state index in [0.29, 0.717) is 5.02 Å². The monoisotopic (exact) mass is 291 g/mol. The predicted molar refractivity (Wildman–Crippen MR) is 82.9 cm³/mol. The fraction of sp³-hybridized carbons (Fsp3) is 0.250. The molecule has 3 nitrogen and oxygen atoms in total. The smallest absolute Gasteiger partial charge is 0.121 e. The summed E-state index contributed by atoms with van der Waals surface area (Å²) in [6.45, 7) is 3.97. The second-order valence-corrected chi connectivity index (χ2v) is 5.18. The number of methoxy groups -OCH3 is 1. The molecule has 0 aliphatic carbocycles. The van der Waals surface area contributed by atoms with E-state index in [9.17, 15) is 5.11 Å². The standard InChI is InChI=1S/C16H18ClNO2/c1-10-4-7-16(19)13(8-10)11(2)18-15-9-12(20-3)5-6-14(15)17/h4-9,11,18-19H,1-3H3. The van der Waals surface area contributed by atoms with Crippen molar-refractivity contribution in [3.63, 3.8) is 0 Å². The quantitative estimate of drug-likeness (QED) is 0.869. The highest BCUT2D eigenvalue weighted by atomic mass is 35.5. The van der Waals surface area contributed by atoms with E-state index in [1.54, 1.807) is 19.2 Å². The van der Waals surface area contributed by atoms with Crippen molar-refractivity contribution in [1.29, 1.82) is 0 Å². The number of ether oxygens (including phenoxy) is 1. The molecule has 0 aliphatic heterocycles. The lowest BCUT2D eigenvalue weighted by Gasteiger charge is -2.19. The topological polar surface area (TPSA) is 41.5 Å². The third kappa shape index (κ3) is 3.17. The van der Waals surface area contributed by atoms with Crippen LogP contribution in [0, 0.1) is 6.92 Å². The van der Waals surface area contributed by atoms with Crippen LogP contribution in [0.4, 0.5) is 5.69 Å². The van der Waals surface area contributed by atoms with Crippen molar-refractivity contribution in [3.05, 3.63) is 52.5 Å². The van der Waals surface area contributed by atoms with Crippen LogP contribution in [0.5, 0.6) is 11.5 Å². The summed E-state index contributed by atoms with van der Waals surface area (Å²) in [5, 5.41) is 13.9. The molecule has 0 saturated heterocycles. The van der Waals surface area contributed by atoms with Gasteiger partial charge in [-0.05, 0) is 32.0 Å². The van der Waals surface area contributed by atoms with E-state index < -0.39 is 0 Å². The summed E-state index contributed by atoms with van der Waals surface area (Å²) in [4.78, 5) is 0. The van der Waals surface area contributed by atoms with Gasteiger partial charge in [0.25, 0.3) is 0 Å². The van der Waals surface area contributed by atoms with Gasteiger partial charge < -0.3 is 15.2 Å².